The lowest BCUT2D eigenvalue weighted by Crippen LogP contribution is -2.55. The number of carbonyl (C=O) groups excluding carboxylic acids is 1. The van der Waals surface area contributed by atoms with E-state index in [0.717, 1.165) is 59.8 Å². The van der Waals surface area contributed by atoms with Crippen LogP contribution in [-0.2, 0) is 20.9 Å². The van der Waals surface area contributed by atoms with E-state index in [1.807, 2.05) is 44.8 Å². The summed E-state index contributed by atoms with van der Waals surface area (Å²) < 4.78 is 20.4. The van der Waals surface area contributed by atoms with Gasteiger partial charge >= 0.3 is 6.09 Å². The first-order chi connectivity index (χ1) is 17.3. The van der Waals surface area contributed by atoms with Gasteiger partial charge in [0, 0.05) is 39.4 Å². The summed E-state index contributed by atoms with van der Waals surface area (Å²) in [6.45, 7) is 18.2. The molecule has 1 unspecified atom stereocenters. The normalized spacial score (nSPS) is 22.1. The maximum Gasteiger partial charge on any atom is 0.407 e. The van der Waals surface area contributed by atoms with Crippen LogP contribution in [0.15, 0.2) is 16.9 Å². The minimum absolute atomic E-state index is 0.0595. The Labute approximate surface area is 229 Å². The predicted octanol–water partition coefficient (Wildman–Crippen LogP) is 5.40. The average molecular weight is 597 g/mol. The molecule has 2 aromatic rings. The number of hydrogen-bond acceptors (Lipinski definition) is 7. The number of amides is 1. The van der Waals surface area contributed by atoms with E-state index in [1.54, 1.807) is 0 Å². The number of nitrogens with zero attached hydrogens (tertiary/aromatic N) is 4. The number of aromatic nitrogens is 3. The highest BCUT2D eigenvalue weighted by Crippen LogP contribution is 2.44. The van der Waals surface area contributed by atoms with Crippen LogP contribution in [0.5, 0.6) is 0 Å². The van der Waals surface area contributed by atoms with Crippen LogP contribution in [0.2, 0.25) is 25.7 Å². The largest absolute Gasteiger partial charge is 0.444 e. The molecule has 4 rings (SSSR count). The topological polar surface area (TPSA) is 90.7 Å². The number of anilines is 1. The minimum atomic E-state index is -1.14. The molecule has 0 aromatic carbocycles. The van der Waals surface area contributed by atoms with Gasteiger partial charge in [0.15, 0.2) is 0 Å². The van der Waals surface area contributed by atoms with Gasteiger partial charge in [-0.15, -0.1) is 0 Å². The smallest absolute Gasteiger partial charge is 0.407 e. The van der Waals surface area contributed by atoms with Crippen molar-refractivity contribution in [3.8, 4) is 0 Å². The first-order valence-corrected chi connectivity index (χ1v) is 17.7. The van der Waals surface area contributed by atoms with Crippen molar-refractivity contribution in [3.05, 3.63) is 16.9 Å². The fourth-order valence-electron chi connectivity index (χ4n) is 5.23. The number of pyridine rings is 1. The maximum atomic E-state index is 12.6. The van der Waals surface area contributed by atoms with E-state index in [0.29, 0.717) is 13.3 Å². The van der Waals surface area contributed by atoms with Gasteiger partial charge in [-0.1, -0.05) is 19.6 Å². The van der Waals surface area contributed by atoms with Crippen molar-refractivity contribution in [2.24, 2.45) is 5.41 Å². The van der Waals surface area contributed by atoms with Crippen molar-refractivity contribution in [2.75, 3.05) is 31.2 Å². The lowest BCUT2D eigenvalue weighted by Gasteiger charge is -2.43. The van der Waals surface area contributed by atoms with Crippen molar-refractivity contribution in [1.82, 2.24) is 20.1 Å². The molecule has 2 aliphatic heterocycles. The number of nitrogens with one attached hydrogen (secondary N) is 1. The number of rotatable bonds is 7. The molecule has 206 valence electrons. The van der Waals surface area contributed by atoms with Gasteiger partial charge in [0.1, 0.15) is 18.1 Å². The van der Waals surface area contributed by atoms with Gasteiger partial charge in [-0.25, -0.2) is 14.5 Å². The Balaban J connectivity index is 1.45. The van der Waals surface area contributed by atoms with Gasteiger partial charge in [0.25, 0.3) is 0 Å². The molecule has 1 spiro atoms. The van der Waals surface area contributed by atoms with Crippen molar-refractivity contribution in [1.29, 1.82) is 0 Å². The van der Waals surface area contributed by atoms with Crippen molar-refractivity contribution >= 4 is 46.8 Å². The first-order valence-electron chi connectivity index (χ1n) is 13.2. The van der Waals surface area contributed by atoms with Crippen molar-refractivity contribution < 1.29 is 19.0 Å². The summed E-state index contributed by atoms with van der Waals surface area (Å²) in [6, 6.07) is 1.04. The predicted molar refractivity (Wildman–Crippen MR) is 152 cm³/mol. The summed E-state index contributed by atoms with van der Waals surface area (Å²) in [5, 5.41) is 8.76. The number of hydrogen-bond donors (Lipinski definition) is 1. The monoisotopic (exact) mass is 595 g/mol. The molecule has 1 N–H and O–H groups in total. The maximum absolute atomic E-state index is 12.6. The molecule has 0 aliphatic carbocycles. The van der Waals surface area contributed by atoms with Crippen LogP contribution in [0.25, 0.3) is 10.9 Å². The third kappa shape index (κ3) is 6.66. The SMILES string of the molecule is C[C@@H]1OCC2(CCN(c3ncc(Br)c4c3cnn4COCC[Si](C)(C)C)CC2)C1NC(=O)OC(C)(C)C. The lowest BCUT2D eigenvalue weighted by atomic mass is 9.73. The molecule has 2 aliphatic rings. The summed E-state index contributed by atoms with van der Waals surface area (Å²) in [4.78, 5) is 19.7. The number of halogens is 1. The highest BCUT2D eigenvalue weighted by atomic mass is 79.9. The summed E-state index contributed by atoms with van der Waals surface area (Å²) >= 11 is 3.67. The zero-order chi connectivity index (χ0) is 27.0. The van der Waals surface area contributed by atoms with E-state index < -0.39 is 13.7 Å². The Morgan fingerprint density at radius 1 is 1.27 bits per heavy atom. The van der Waals surface area contributed by atoms with Crippen LogP contribution in [-0.4, -0.2) is 73.0 Å². The Morgan fingerprint density at radius 3 is 2.62 bits per heavy atom. The van der Waals surface area contributed by atoms with Gasteiger partial charge in [-0.2, -0.15) is 5.10 Å². The third-order valence-corrected chi connectivity index (χ3v) is 9.60. The fraction of sp³-hybridized carbons (Fsp3) is 0.731. The molecule has 37 heavy (non-hydrogen) atoms. The number of ether oxygens (including phenoxy) is 3. The van der Waals surface area contributed by atoms with Crippen LogP contribution in [0.1, 0.15) is 40.5 Å². The van der Waals surface area contributed by atoms with Gasteiger partial charge in [-0.05, 0) is 62.5 Å². The van der Waals surface area contributed by atoms with Gasteiger partial charge in [0.05, 0.1) is 40.3 Å². The quantitative estimate of drug-likeness (QED) is 0.338. The number of fused-ring (bicyclic) bond motifs is 1. The highest BCUT2D eigenvalue weighted by molar-refractivity contribution is 9.10. The van der Waals surface area contributed by atoms with Crippen molar-refractivity contribution in [2.45, 2.75) is 90.7 Å². The second-order valence-corrected chi connectivity index (χ2v) is 19.1. The molecule has 4 heterocycles. The summed E-state index contributed by atoms with van der Waals surface area (Å²) in [7, 11) is -1.14. The molecule has 0 saturated carbocycles. The number of alkyl carbamates (subject to hydrolysis) is 1. The Morgan fingerprint density at radius 2 is 1.97 bits per heavy atom. The molecular formula is C26H42BrN5O4Si. The number of carbonyl (C=O) groups is 1. The Bertz CT molecular complexity index is 1100. The summed E-state index contributed by atoms with van der Waals surface area (Å²) in [5.74, 6) is 0.935. The van der Waals surface area contributed by atoms with Gasteiger partial charge in [-0.3, -0.25) is 0 Å². The van der Waals surface area contributed by atoms with Gasteiger partial charge in [0.2, 0.25) is 0 Å². The Hall–Kier alpha value is -1.69. The van der Waals surface area contributed by atoms with Crippen LogP contribution >= 0.6 is 15.9 Å². The summed E-state index contributed by atoms with van der Waals surface area (Å²) in [6.07, 6.45) is 5.09. The second kappa shape index (κ2) is 10.8. The lowest BCUT2D eigenvalue weighted by molar-refractivity contribution is 0.0434. The molecule has 2 atom stereocenters. The van der Waals surface area contributed by atoms with E-state index in [1.165, 1.54) is 0 Å². The fourth-order valence-corrected chi connectivity index (χ4v) is 6.51. The summed E-state index contributed by atoms with van der Waals surface area (Å²) in [5.41, 5.74) is 0.349. The van der Waals surface area contributed by atoms with Crippen LogP contribution in [0.4, 0.5) is 10.6 Å². The van der Waals surface area contributed by atoms with E-state index in [9.17, 15) is 4.79 Å². The zero-order valence-corrected chi connectivity index (χ0v) is 25.9. The van der Waals surface area contributed by atoms with E-state index >= 15 is 0 Å². The molecule has 0 radical (unpaired) electrons. The molecule has 2 fully saturated rings. The van der Waals surface area contributed by atoms with Gasteiger partial charge < -0.3 is 24.4 Å². The molecule has 0 bridgehead atoms. The Kier molecular flexibility index (Phi) is 8.28. The van der Waals surface area contributed by atoms with E-state index in [4.69, 9.17) is 19.2 Å². The minimum Gasteiger partial charge on any atom is -0.444 e. The third-order valence-electron chi connectivity index (χ3n) is 7.31. The average Bonchev–Trinajstić information content (AvgIpc) is 3.34. The standard InChI is InChI=1S/C26H42BrN5O4Si/c1-18-22(30-24(33)36-25(2,3)4)26(16-35-18)8-10-31(11-9-26)23-19-14-29-32(21(19)20(27)15-28-23)17-34-12-13-37(5,6)7/h14-15,18,22H,8-13,16-17H2,1-7H3,(H,30,33)/t18-,22?/m0/s1. The van der Waals surface area contributed by atoms with Crippen molar-refractivity contribution in [3.63, 3.8) is 0 Å². The van der Waals surface area contributed by atoms with Crippen LogP contribution in [0.3, 0.4) is 0 Å². The molecule has 2 aromatic heterocycles. The first kappa shape index (κ1) is 28.3. The molecule has 1 amide bonds. The van der Waals surface area contributed by atoms with Crippen LogP contribution < -0.4 is 10.2 Å². The second-order valence-electron chi connectivity index (χ2n) is 12.7. The molecular weight excluding hydrogens is 554 g/mol. The van der Waals surface area contributed by atoms with E-state index in [2.05, 4.69) is 50.9 Å². The molecule has 9 nitrogen and oxygen atoms in total. The van der Waals surface area contributed by atoms with E-state index in [-0.39, 0.29) is 23.7 Å². The zero-order valence-electron chi connectivity index (χ0n) is 23.3. The number of piperidine rings is 1. The highest BCUT2D eigenvalue weighted by Gasteiger charge is 2.50. The van der Waals surface area contributed by atoms with Crippen LogP contribution in [0, 0.1) is 5.41 Å². The molecule has 11 heteroatoms. The molecule has 2 saturated heterocycles.